The van der Waals surface area contributed by atoms with Gasteiger partial charge in [0.05, 0.1) is 22.4 Å². The smallest absolute Gasteiger partial charge is 0.355 e. The van der Waals surface area contributed by atoms with Crippen LogP contribution in [0.5, 0.6) is 0 Å². The second-order valence-electron chi connectivity index (χ2n) is 10.0. The number of nitrogens with zero attached hydrogens (tertiary/aromatic N) is 3. The van der Waals surface area contributed by atoms with Crippen molar-refractivity contribution < 1.29 is 26.0 Å². The van der Waals surface area contributed by atoms with Crippen molar-refractivity contribution in [1.29, 1.82) is 10.7 Å². The summed E-state index contributed by atoms with van der Waals surface area (Å²) in [6.45, 7) is 2.50. The van der Waals surface area contributed by atoms with Crippen molar-refractivity contribution in [2.75, 3.05) is 31.5 Å². The fourth-order valence-corrected chi connectivity index (χ4v) is 6.29. The zero-order chi connectivity index (χ0) is 29.9. The maximum atomic E-state index is 13.5. The largest absolute Gasteiger partial charge is 0.392 e. The third-order valence-electron chi connectivity index (χ3n) is 7.22. The van der Waals surface area contributed by atoms with Gasteiger partial charge in [0.15, 0.2) is 0 Å². The van der Waals surface area contributed by atoms with Crippen molar-refractivity contribution in [2.24, 2.45) is 5.92 Å². The first-order valence-corrected chi connectivity index (χ1v) is 14.3. The highest BCUT2D eigenvalue weighted by atomic mass is 32.2. The van der Waals surface area contributed by atoms with Crippen molar-refractivity contribution in [1.82, 2.24) is 9.21 Å². The highest BCUT2D eigenvalue weighted by molar-refractivity contribution is 7.89. The maximum Gasteiger partial charge on any atom is 0.392 e. The van der Waals surface area contributed by atoms with E-state index in [4.69, 9.17) is 10.7 Å². The number of anilines is 2. The number of benzene rings is 3. The van der Waals surface area contributed by atoms with Crippen LogP contribution >= 0.6 is 0 Å². The maximum absolute atomic E-state index is 13.5. The molecule has 1 aliphatic heterocycles. The van der Waals surface area contributed by atoms with E-state index in [-0.39, 0.29) is 31.1 Å². The number of halogens is 4. The van der Waals surface area contributed by atoms with Crippen LogP contribution in [0.2, 0.25) is 0 Å². The van der Waals surface area contributed by atoms with Gasteiger partial charge >= 0.3 is 6.18 Å². The van der Waals surface area contributed by atoms with Crippen molar-refractivity contribution >= 4 is 27.6 Å². The van der Waals surface area contributed by atoms with E-state index in [0.717, 1.165) is 13.1 Å². The molecule has 0 amide bonds. The van der Waals surface area contributed by atoms with Crippen LogP contribution in [-0.4, -0.2) is 56.2 Å². The average Bonchev–Trinajstić information content (AvgIpc) is 2.94. The summed E-state index contributed by atoms with van der Waals surface area (Å²) < 4.78 is 82.3. The molecule has 3 aromatic carbocycles. The summed E-state index contributed by atoms with van der Waals surface area (Å²) in [7, 11) is -4.00. The van der Waals surface area contributed by atoms with Crippen LogP contribution in [-0.2, 0) is 10.0 Å². The summed E-state index contributed by atoms with van der Waals surface area (Å²) in [5, 5.41) is 20.2. The fraction of sp³-hybridized carbons (Fsp3) is 0.310. The normalized spacial score (nSPS) is 17.5. The molecule has 7 nitrogen and oxygen atoms in total. The van der Waals surface area contributed by atoms with E-state index in [2.05, 4.69) is 5.32 Å². The summed E-state index contributed by atoms with van der Waals surface area (Å²) >= 11 is 0. The standard InChI is InChI=1S/C29H29F4N5O2S/c1-19-13-27(36-24-7-5-23(30)6-8-24)22(16-35)14-26(19)28-18-38(12-11-37(28)17-20(2)29(31,32)33)41(39,40)25-9-3-21(15-34)4-10-25/h3-10,13-14,16,20,28,35-36H,11-12,17-18H2,1-2H3/t20?,28-/m1/s1. The van der Waals surface area contributed by atoms with E-state index in [1.807, 2.05) is 6.07 Å². The topological polar surface area (TPSA) is 100 Å². The molecule has 2 N–H and O–H groups in total. The van der Waals surface area contributed by atoms with Crippen LogP contribution in [0.25, 0.3) is 0 Å². The number of sulfonamides is 1. The lowest BCUT2D eigenvalue weighted by Gasteiger charge is -2.43. The molecule has 0 saturated carbocycles. The van der Waals surface area contributed by atoms with Crippen molar-refractivity contribution in [3.8, 4) is 6.07 Å². The molecule has 216 valence electrons. The molecule has 0 radical (unpaired) electrons. The lowest BCUT2D eigenvalue weighted by molar-refractivity contribution is -0.176. The molecule has 1 unspecified atom stereocenters. The highest BCUT2D eigenvalue weighted by Crippen LogP contribution is 2.36. The quantitative estimate of drug-likeness (QED) is 0.249. The number of hydrogen-bond donors (Lipinski definition) is 2. The Morgan fingerprint density at radius 3 is 2.37 bits per heavy atom. The van der Waals surface area contributed by atoms with E-state index >= 15 is 0 Å². The molecule has 2 atom stereocenters. The Balaban J connectivity index is 1.71. The van der Waals surface area contributed by atoms with Gasteiger partial charge in [0.2, 0.25) is 10.0 Å². The molecule has 3 aromatic rings. The first kappa shape index (κ1) is 30.2. The summed E-state index contributed by atoms with van der Waals surface area (Å²) in [6.07, 6.45) is -3.32. The minimum Gasteiger partial charge on any atom is -0.355 e. The third kappa shape index (κ3) is 6.75. The first-order valence-electron chi connectivity index (χ1n) is 12.8. The van der Waals surface area contributed by atoms with Gasteiger partial charge in [-0.1, -0.05) is 6.92 Å². The van der Waals surface area contributed by atoms with Crippen molar-refractivity contribution in [3.63, 3.8) is 0 Å². The zero-order valence-electron chi connectivity index (χ0n) is 22.4. The van der Waals surface area contributed by atoms with Crippen molar-refractivity contribution in [2.45, 2.75) is 31.0 Å². The number of rotatable bonds is 8. The van der Waals surface area contributed by atoms with E-state index in [9.17, 15) is 26.0 Å². The number of piperazine rings is 1. The monoisotopic (exact) mass is 587 g/mol. The molecule has 1 fully saturated rings. The van der Waals surface area contributed by atoms with E-state index in [0.29, 0.717) is 33.6 Å². The van der Waals surface area contributed by atoms with Crippen LogP contribution in [0.15, 0.2) is 65.6 Å². The lowest BCUT2D eigenvalue weighted by atomic mass is 9.94. The third-order valence-corrected chi connectivity index (χ3v) is 9.10. The number of aryl methyl sites for hydroxylation is 1. The molecule has 0 aliphatic carbocycles. The van der Waals surface area contributed by atoms with Gasteiger partial charge in [-0.2, -0.15) is 22.7 Å². The Hall–Kier alpha value is -3.79. The Labute approximate surface area is 236 Å². The SMILES string of the molecule is Cc1cc(Nc2ccc(F)cc2)c(C=N)cc1[C@H]1CN(S(=O)(=O)c2ccc(C#N)cc2)CCN1CC(C)C(F)(F)F. The Kier molecular flexibility index (Phi) is 8.82. The van der Waals surface area contributed by atoms with Gasteiger partial charge in [0, 0.05) is 55.4 Å². The number of nitriles is 1. The second-order valence-corrected chi connectivity index (χ2v) is 12.0. The molecule has 1 saturated heterocycles. The fourth-order valence-electron chi connectivity index (χ4n) is 4.85. The van der Waals surface area contributed by atoms with E-state index < -0.39 is 34.0 Å². The van der Waals surface area contributed by atoms with Crippen molar-refractivity contribution in [3.05, 3.63) is 88.7 Å². The van der Waals surface area contributed by atoms with Crippen LogP contribution in [0, 0.1) is 35.4 Å². The molecular weight excluding hydrogens is 558 g/mol. The van der Waals surface area contributed by atoms with Gasteiger partial charge in [0.1, 0.15) is 5.82 Å². The minimum atomic E-state index is -4.42. The zero-order valence-corrected chi connectivity index (χ0v) is 23.2. The van der Waals surface area contributed by atoms with E-state index in [1.54, 1.807) is 36.1 Å². The van der Waals surface area contributed by atoms with Crippen LogP contribution in [0.3, 0.4) is 0 Å². The predicted octanol–water partition coefficient (Wildman–Crippen LogP) is 5.99. The van der Waals surface area contributed by atoms with Gasteiger partial charge in [-0.3, -0.25) is 4.90 Å². The molecule has 0 aromatic heterocycles. The highest BCUT2D eigenvalue weighted by Gasteiger charge is 2.41. The molecule has 4 rings (SSSR count). The van der Waals surface area contributed by atoms with Crippen LogP contribution in [0.1, 0.15) is 35.2 Å². The lowest BCUT2D eigenvalue weighted by Crippen LogP contribution is -2.52. The van der Waals surface area contributed by atoms with Gasteiger partial charge < -0.3 is 10.7 Å². The molecule has 0 spiro atoms. The summed E-state index contributed by atoms with van der Waals surface area (Å²) in [5.74, 6) is -2.05. The summed E-state index contributed by atoms with van der Waals surface area (Å²) in [4.78, 5) is 1.63. The molecule has 0 bridgehead atoms. The van der Waals surface area contributed by atoms with Gasteiger partial charge in [-0.05, 0) is 78.7 Å². The van der Waals surface area contributed by atoms with Crippen LogP contribution in [0.4, 0.5) is 28.9 Å². The predicted molar refractivity (Wildman–Crippen MR) is 148 cm³/mol. The van der Waals surface area contributed by atoms with E-state index in [1.165, 1.54) is 40.7 Å². The molecule has 1 aliphatic rings. The molecular formula is C29H29F4N5O2S. The number of nitrogens with one attached hydrogen (secondary N) is 2. The van der Waals surface area contributed by atoms with Crippen LogP contribution < -0.4 is 5.32 Å². The van der Waals surface area contributed by atoms with Gasteiger partial charge in [-0.25, -0.2) is 12.8 Å². The molecule has 41 heavy (non-hydrogen) atoms. The number of alkyl halides is 3. The summed E-state index contributed by atoms with van der Waals surface area (Å²) in [5.41, 5.74) is 3.15. The van der Waals surface area contributed by atoms with Gasteiger partial charge in [-0.15, -0.1) is 0 Å². The Morgan fingerprint density at radius 1 is 1.12 bits per heavy atom. The first-order chi connectivity index (χ1) is 19.3. The average molecular weight is 588 g/mol. The summed E-state index contributed by atoms with van der Waals surface area (Å²) in [6, 6.07) is 15.8. The minimum absolute atomic E-state index is 0.00983. The Morgan fingerprint density at radius 2 is 1.78 bits per heavy atom. The number of hydrogen-bond acceptors (Lipinski definition) is 6. The van der Waals surface area contributed by atoms with Gasteiger partial charge in [0.25, 0.3) is 0 Å². The Bertz CT molecular complexity index is 1550. The second kappa shape index (κ2) is 12.0. The molecule has 1 heterocycles. The molecule has 12 heteroatoms.